The molecule has 1 aliphatic carbocycles. The molecule has 1 atom stereocenters. The van der Waals surface area contributed by atoms with Gasteiger partial charge in [-0.15, -0.1) is 0 Å². The summed E-state index contributed by atoms with van der Waals surface area (Å²) in [6, 6.07) is 7.58. The molecule has 9 heteroatoms. The summed E-state index contributed by atoms with van der Waals surface area (Å²) < 4.78 is 20.0. The van der Waals surface area contributed by atoms with Crippen LogP contribution >= 0.6 is 0 Å². The molecule has 0 amide bonds. The van der Waals surface area contributed by atoms with Crippen molar-refractivity contribution in [1.29, 1.82) is 0 Å². The Morgan fingerprint density at radius 1 is 1.06 bits per heavy atom. The maximum atomic E-state index is 12.6. The quantitative estimate of drug-likeness (QED) is 0.422. The average molecular weight is 430 g/mol. The molecule has 1 aromatic heterocycles. The van der Waals surface area contributed by atoms with Crippen LogP contribution in [0.1, 0.15) is 64.2 Å². The lowest BCUT2D eigenvalue weighted by atomic mass is 9.88. The van der Waals surface area contributed by atoms with Gasteiger partial charge < -0.3 is 23.7 Å². The van der Waals surface area contributed by atoms with E-state index in [4.69, 9.17) is 18.6 Å². The lowest BCUT2D eigenvalue weighted by Gasteiger charge is -2.21. The third-order valence-corrected chi connectivity index (χ3v) is 4.77. The predicted molar refractivity (Wildman–Crippen MR) is 104 cm³/mol. The maximum absolute atomic E-state index is 12.6. The van der Waals surface area contributed by atoms with E-state index in [2.05, 4.69) is 0 Å². The Labute approximate surface area is 177 Å². The van der Waals surface area contributed by atoms with E-state index in [1.165, 1.54) is 25.3 Å². The van der Waals surface area contributed by atoms with Gasteiger partial charge in [0.2, 0.25) is 12.6 Å². The van der Waals surface area contributed by atoms with Gasteiger partial charge in [0.25, 0.3) is 0 Å². The van der Waals surface area contributed by atoms with Gasteiger partial charge in [0, 0.05) is 18.2 Å². The van der Waals surface area contributed by atoms with Gasteiger partial charge in [-0.1, -0.05) is 24.3 Å². The summed E-state index contributed by atoms with van der Waals surface area (Å²) in [7, 11) is 1.45. The topological polar surface area (TPSA) is 129 Å². The number of carbonyl (C=O) groups is 4. The zero-order chi connectivity index (χ0) is 22.8. The van der Waals surface area contributed by atoms with Crippen LogP contribution in [0, 0.1) is 5.41 Å². The number of hydrogen-bond acceptors (Lipinski definition) is 9. The Balaban J connectivity index is 1.60. The van der Waals surface area contributed by atoms with Crippen molar-refractivity contribution in [2.24, 2.45) is 5.41 Å². The summed E-state index contributed by atoms with van der Waals surface area (Å²) in [5.41, 5.74) is -0.419. The number of benzene rings is 1. The Morgan fingerprint density at radius 3 is 2.35 bits per heavy atom. The zero-order valence-corrected chi connectivity index (χ0v) is 17.3. The predicted octanol–water partition coefficient (Wildman–Crippen LogP) is 2.20. The lowest BCUT2D eigenvalue weighted by molar-refractivity contribution is -0.176. The van der Waals surface area contributed by atoms with Crippen molar-refractivity contribution >= 4 is 23.5 Å². The minimum absolute atomic E-state index is 0.0282. The highest BCUT2D eigenvalue weighted by atomic mass is 16.7. The number of carbonyl (C=O) groups excluding carboxylic acids is 4. The highest BCUT2D eigenvalue weighted by Gasteiger charge is 2.35. The zero-order valence-electron chi connectivity index (χ0n) is 17.3. The highest BCUT2D eigenvalue weighted by Crippen LogP contribution is 2.32. The number of fused-ring (bicyclic) bond motifs is 2. The molecule has 1 unspecified atom stereocenters. The number of esters is 2. The molecule has 1 N–H and O–H groups in total. The highest BCUT2D eigenvalue weighted by molar-refractivity contribution is 6.27. The van der Waals surface area contributed by atoms with E-state index in [-0.39, 0.29) is 34.8 Å². The molecular formula is C22H22O9. The molecule has 164 valence electrons. The molecule has 0 bridgehead atoms. The van der Waals surface area contributed by atoms with Crippen LogP contribution in [0.5, 0.6) is 0 Å². The molecule has 0 spiro atoms. The van der Waals surface area contributed by atoms with Crippen LogP contribution in [-0.4, -0.2) is 49.1 Å². The second kappa shape index (κ2) is 8.83. The van der Waals surface area contributed by atoms with Gasteiger partial charge in [-0.3, -0.25) is 19.2 Å². The Morgan fingerprint density at radius 2 is 1.71 bits per heavy atom. The molecule has 1 heterocycles. The second-order valence-corrected chi connectivity index (χ2v) is 7.70. The molecular weight excluding hydrogens is 408 g/mol. The molecule has 0 saturated carbocycles. The molecule has 0 radical (unpaired) electrons. The fourth-order valence-corrected chi connectivity index (χ4v) is 3.14. The first-order chi connectivity index (χ1) is 14.7. The monoisotopic (exact) mass is 430 g/mol. The summed E-state index contributed by atoms with van der Waals surface area (Å²) in [4.78, 5) is 49.1. The third kappa shape index (κ3) is 4.57. The summed E-state index contributed by atoms with van der Waals surface area (Å²) in [5, 5.41) is 10.3. The standard InChI is InChI=1S/C22H22O9/c1-22(2,10-28-3)21(27)30-11-29-17(24)9-15(23)16-8-14-18(25)12-6-4-5-7-13(12)19(26)20(14)31-16/h4-8,15,23H,9-11H2,1-3H3. The van der Waals surface area contributed by atoms with Gasteiger partial charge in [0.1, 0.15) is 11.9 Å². The normalized spacial score (nSPS) is 13.9. The first-order valence-corrected chi connectivity index (χ1v) is 9.47. The SMILES string of the molecule is COCC(C)(C)C(=O)OCOC(=O)CC(O)c1cc2c(o1)C(=O)c1ccccc1C2=O. The van der Waals surface area contributed by atoms with E-state index >= 15 is 0 Å². The fourth-order valence-electron chi connectivity index (χ4n) is 3.14. The van der Waals surface area contributed by atoms with Crippen molar-refractivity contribution in [3.05, 3.63) is 58.5 Å². The number of ether oxygens (including phenoxy) is 3. The summed E-state index contributed by atoms with van der Waals surface area (Å²) in [5.74, 6) is -2.65. The van der Waals surface area contributed by atoms with Crippen LogP contribution in [0.4, 0.5) is 0 Å². The van der Waals surface area contributed by atoms with Crippen molar-refractivity contribution in [2.75, 3.05) is 20.5 Å². The van der Waals surface area contributed by atoms with Crippen LogP contribution in [0.15, 0.2) is 34.7 Å². The van der Waals surface area contributed by atoms with Crippen LogP contribution in [0.3, 0.4) is 0 Å². The number of furan rings is 1. The Bertz CT molecular complexity index is 979. The van der Waals surface area contributed by atoms with Gasteiger partial charge >= 0.3 is 11.9 Å². The van der Waals surface area contributed by atoms with Gasteiger partial charge in [-0.25, -0.2) is 0 Å². The smallest absolute Gasteiger partial charge is 0.316 e. The van der Waals surface area contributed by atoms with Crippen LogP contribution < -0.4 is 0 Å². The molecule has 0 saturated heterocycles. The van der Waals surface area contributed by atoms with Crippen molar-refractivity contribution in [2.45, 2.75) is 26.4 Å². The van der Waals surface area contributed by atoms with Crippen LogP contribution in [0.25, 0.3) is 0 Å². The minimum atomic E-state index is -1.46. The Hall–Kier alpha value is -3.30. The van der Waals surface area contributed by atoms with Gasteiger partial charge in [0.05, 0.1) is 24.0 Å². The van der Waals surface area contributed by atoms with Crippen molar-refractivity contribution in [3.63, 3.8) is 0 Å². The second-order valence-electron chi connectivity index (χ2n) is 7.70. The summed E-state index contributed by atoms with van der Waals surface area (Å²) in [6.45, 7) is 2.73. The molecule has 9 nitrogen and oxygen atoms in total. The van der Waals surface area contributed by atoms with E-state index < -0.39 is 48.2 Å². The molecule has 1 aromatic carbocycles. The molecule has 2 aromatic rings. The van der Waals surface area contributed by atoms with E-state index in [0.717, 1.165) is 0 Å². The number of aliphatic hydroxyl groups excluding tert-OH is 1. The molecule has 0 fully saturated rings. The van der Waals surface area contributed by atoms with Gasteiger partial charge in [-0.05, 0) is 19.9 Å². The van der Waals surface area contributed by atoms with E-state index in [9.17, 15) is 24.3 Å². The number of aliphatic hydroxyl groups is 1. The maximum Gasteiger partial charge on any atom is 0.316 e. The minimum Gasteiger partial charge on any atom is -0.454 e. The van der Waals surface area contributed by atoms with E-state index in [0.29, 0.717) is 0 Å². The number of ketones is 2. The summed E-state index contributed by atoms with van der Waals surface area (Å²) >= 11 is 0. The lowest BCUT2D eigenvalue weighted by Crippen LogP contribution is -2.32. The van der Waals surface area contributed by atoms with E-state index in [1.807, 2.05) is 0 Å². The largest absolute Gasteiger partial charge is 0.454 e. The van der Waals surface area contributed by atoms with Crippen LogP contribution in [0.2, 0.25) is 0 Å². The Kier molecular flexibility index (Phi) is 6.37. The third-order valence-electron chi connectivity index (χ3n) is 4.77. The first kappa shape index (κ1) is 22.4. The number of rotatable bonds is 8. The van der Waals surface area contributed by atoms with E-state index in [1.54, 1.807) is 26.0 Å². The number of hydrogen-bond donors (Lipinski definition) is 1. The van der Waals surface area contributed by atoms with Crippen molar-refractivity contribution in [1.82, 2.24) is 0 Å². The van der Waals surface area contributed by atoms with Gasteiger partial charge in [0.15, 0.2) is 11.5 Å². The molecule has 0 aliphatic heterocycles. The first-order valence-electron chi connectivity index (χ1n) is 9.47. The van der Waals surface area contributed by atoms with Crippen LogP contribution in [-0.2, 0) is 23.8 Å². The van der Waals surface area contributed by atoms with Crippen molar-refractivity contribution < 1.29 is 42.9 Å². The molecule has 3 rings (SSSR count). The molecule has 1 aliphatic rings. The number of methoxy groups -OCH3 is 1. The fraction of sp³-hybridized carbons (Fsp3) is 0.364. The van der Waals surface area contributed by atoms with Crippen molar-refractivity contribution in [3.8, 4) is 0 Å². The van der Waals surface area contributed by atoms with Gasteiger partial charge in [-0.2, -0.15) is 0 Å². The molecule has 31 heavy (non-hydrogen) atoms. The summed E-state index contributed by atoms with van der Waals surface area (Å²) in [6.07, 6.45) is -1.98. The average Bonchev–Trinajstić information content (AvgIpc) is 3.18.